The number of rotatable bonds is 2. The standard InChI is InChI=1S/C12H13ClN2O2S2/c13-9-1-2-11-10(5-9)14-12(18)15(11)6-8-3-4-19(16,17)7-8/h1-2,5,8H,3-4,6-7H2,(H,14,18). The number of imidazole rings is 1. The molecule has 1 aromatic heterocycles. The molecule has 1 unspecified atom stereocenters. The third-order valence-electron chi connectivity index (χ3n) is 3.50. The lowest BCUT2D eigenvalue weighted by molar-refractivity contribution is 0.495. The van der Waals surface area contributed by atoms with Crippen LogP contribution >= 0.6 is 23.8 Å². The SMILES string of the molecule is O=S1(=O)CCC(Cn2c(=S)[nH]c3cc(Cl)ccc32)C1. The van der Waals surface area contributed by atoms with Crippen molar-refractivity contribution in [3.8, 4) is 0 Å². The Bertz CT molecular complexity index is 792. The van der Waals surface area contributed by atoms with Gasteiger partial charge in [0.15, 0.2) is 14.6 Å². The quantitative estimate of drug-likeness (QED) is 0.867. The van der Waals surface area contributed by atoms with E-state index in [1.807, 2.05) is 22.8 Å². The summed E-state index contributed by atoms with van der Waals surface area (Å²) in [5, 5.41) is 0.652. The zero-order chi connectivity index (χ0) is 13.6. The summed E-state index contributed by atoms with van der Waals surface area (Å²) in [7, 11) is -2.85. The summed E-state index contributed by atoms with van der Waals surface area (Å²) in [5.74, 6) is 0.695. The minimum absolute atomic E-state index is 0.145. The highest BCUT2D eigenvalue weighted by molar-refractivity contribution is 7.91. The number of nitrogens with zero attached hydrogens (tertiary/aromatic N) is 1. The molecule has 2 aromatic rings. The molecule has 0 amide bonds. The summed E-state index contributed by atoms with van der Waals surface area (Å²) in [4.78, 5) is 3.11. The summed E-state index contributed by atoms with van der Waals surface area (Å²) in [6.07, 6.45) is 0.713. The van der Waals surface area contributed by atoms with Gasteiger partial charge < -0.3 is 9.55 Å². The lowest BCUT2D eigenvalue weighted by Crippen LogP contribution is -2.12. The predicted molar refractivity (Wildman–Crippen MR) is 78.9 cm³/mol. The second-order valence-electron chi connectivity index (χ2n) is 4.97. The van der Waals surface area contributed by atoms with E-state index in [4.69, 9.17) is 23.8 Å². The van der Waals surface area contributed by atoms with E-state index in [0.29, 0.717) is 28.5 Å². The molecule has 1 N–H and O–H groups in total. The molecule has 0 bridgehead atoms. The van der Waals surface area contributed by atoms with Gasteiger partial charge in [-0.3, -0.25) is 0 Å². The van der Waals surface area contributed by atoms with Crippen molar-refractivity contribution in [3.05, 3.63) is 28.0 Å². The van der Waals surface area contributed by atoms with E-state index in [1.165, 1.54) is 0 Å². The number of benzene rings is 1. The summed E-state index contributed by atoms with van der Waals surface area (Å²) in [6, 6.07) is 5.55. The number of halogens is 1. The highest BCUT2D eigenvalue weighted by Crippen LogP contribution is 2.24. The molecule has 1 aliphatic heterocycles. The molecule has 0 aliphatic carbocycles. The molecule has 102 valence electrons. The molecule has 1 fully saturated rings. The molecule has 0 saturated carbocycles. The predicted octanol–water partition coefficient (Wildman–Crippen LogP) is 2.79. The van der Waals surface area contributed by atoms with Gasteiger partial charge in [-0.15, -0.1) is 0 Å². The van der Waals surface area contributed by atoms with Gasteiger partial charge in [0.25, 0.3) is 0 Å². The van der Waals surface area contributed by atoms with Crippen LogP contribution in [0.1, 0.15) is 6.42 Å². The maximum atomic E-state index is 11.5. The van der Waals surface area contributed by atoms with E-state index >= 15 is 0 Å². The number of nitrogens with one attached hydrogen (secondary N) is 1. The number of H-pyrrole nitrogens is 1. The smallest absolute Gasteiger partial charge is 0.178 e. The third kappa shape index (κ3) is 2.57. The Morgan fingerprint density at radius 2 is 2.26 bits per heavy atom. The van der Waals surface area contributed by atoms with E-state index in [2.05, 4.69) is 4.98 Å². The van der Waals surface area contributed by atoms with Gasteiger partial charge in [-0.05, 0) is 42.8 Å². The minimum atomic E-state index is -2.85. The maximum absolute atomic E-state index is 11.5. The Balaban J connectivity index is 1.97. The lowest BCUT2D eigenvalue weighted by atomic mass is 10.1. The largest absolute Gasteiger partial charge is 0.331 e. The average molecular weight is 317 g/mol. The van der Waals surface area contributed by atoms with Gasteiger partial charge in [-0.25, -0.2) is 8.42 Å². The topological polar surface area (TPSA) is 54.9 Å². The van der Waals surface area contributed by atoms with Crippen molar-refractivity contribution >= 4 is 44.7 Å². The normalized spacial score (nSPS) is 22.1. The first-order valence-corrected chi connectivity index (χ1v) is 8.64. The Morgan fingerprint density at radius 1 is 1.47 bits per heavy atom. The number of fused-ring (bicyclic) bond motifs is 1. The van der Waals surface area contributed by atoms with E-state index < -0.39 is 9.84 Å². The van der Waals surface area contributed by atoms with E-state index in [-0.39, 0.29) is 11.7 Å². The van der Waals surface area contributed by atoms with Crippen LogP contribution in [-0.4, -0.2) is 29.5 Å². The van der Waals surface area contributed by atoms with Gasteiger partial charge in [-0.2, -0.15) is 0 Å². The molecule has 1 aromatic carbocycles. The molecule has 0 spiro atoms. The van der Waals surface area contributed by atoms with Crippen molar-refractivity contribution in [3.63, 3.8) is 0 Å². The van der Waals surface area contributed by atoms with Crippen LogP contribution in [0.3, 0.4) is 0 Å². The Labute approximate surface area is 121 Å². The van der Waals surface area contributed by atoms with Gasteiger partial charge in [0.2, 0.25) is 0 Å². The van der Waals surface area contributed by atoms with E-state index in [1.54, 1.807) is 0 Å². The summed E-state index contributed by atoms with van der Waals surface area (Å²) < 4.78 is 25.6. The lowest BCUT2D eigenvalue weighted by Gasteiger charge is -2.09. The Hall–Kier alpha value is -0.850. The molecule has 3 rings (SSSR count). The first-order valence-electron chi connectivity index (χ1n) is 6.03. The second kappa shape index (κ2) is 4.61. The molecule has 0 radical (unpaired) electrons. The van der Waals surface area contributed by atoms with Crippen molar-refractivity contribution < 1.29 is 8.42 Å². The van der Waals surface area contributed by atoms with Crippen molar-refractivity contribution in [2.75, 3.05) is 11.5 Å². The van der Waals surface area contributed by atoms with Crippen LogP contribution in [0.2, 0.25) is 5.02 Å². The first-order chi connectivity index (χ1) is 8.94. The Kier molecular flexibility index (Phi) is 3.19. The summed E-state index contributed by atoms with van der Waals surface area (Å²) in [5.41, 5.74) is 1.86. The van der Waals surface area contributed by atoms with Crippen LogP contribution < -0.4 is 0 Å². The number of sulfone groups is 1. The fourth-order valence-corrected chi connectivity index (χ4v) is 4.90. The molecule has 1 atom stereocenters. The molecule has 1 aliphatic rings. The van der Waals surface area contributed by atoms with Crippen molar-refractivity contribution in [2.24, 2.45) is 5.92 Å². The van der Waals surface area contributed by atoms with Crippen LogP contribution in [0.15, 0.2) is 18.2 Å². The molecule has 4 nitrogen and oxygen atoms in total. The number of hydrogen-bond acceptors (Lipinski definition) is 3. The molecule has 1 saturated heterocycles. The number of aromatic nitrogens is 2. The highest BCUT2D eigenvalue weighted by Gasteiger charge is 2.28. The minimum Gasteiger partial charge on any atom is -0.331 e. The zero-order valence-corrected chi connectivity index (χ0v) is 12.5. The van der Waals surface area contributed by atoms with Gasteiger partial charge in [-0.1, -0.05) is 11.6 Å². The summed E-state index contributed by atoms with van der Waals surface area (Å²) >= 11 is 11.2. The van der Waals surface area contributed by atoms with Crippen LogP contribution in [0.25, 0.3) is 11.0 Å². The zero-order valence-electron chi connectivity index (χ0n) is 10.1. The number of hydrogen-bond donors (Lipinski definition) is 1. The van der Waals surface area contributed by atoms with Crippen molar-refractivity contribution in [1.29, 1.82) is 0 Å². The van der Waals surface area contributed by atoms with Gasteiger partial charge in [0.1, 0.15) is 0 Å². The highest BCUT2D eigenvalue weighted by atomic mass is 35.5. The monoisotopic (exact) mass is 316 g/mol. The fourth-order valence-electron chi connectivity index (χ4n) is 2.59. The van der Waals surface area contributed by atoms with Crippen molar-refractivity contribution in [1.82, 2.24) is 9.55 Å². The van der Waals surface area contributed by atoms with Crippen LogP contribution in [0.5, 0.6) is 0 Å². The molecule has 7 heteroatoms. The molecular weight excluding hydrogens is 304 g/mol. The van der Waals surface area contributed by atoms with Crippen molar-refractivity contribution in [2.45, 2.75) is 13.0 Å². The molecular formula is C12H13ClN2O2S2. The Morgan fingerprint density at radius 3 is 2.95 bits per heavy atom. The van der Waals surface area contributed by atoms with Crippen LogP contribution in [-0.2, 0) is 16.4 Å². The molecule has 19 heavy (non-hydrogen) atoms. The fraction of sp³-hybridized carbons (Fsp3) is 0.417. The van der Waals surface area contributed by atoms with E-state index in [0.717, 1.165) is 11.0 Å². The number of aromatic amines is 1. The average Bonchev–Trinajstić information content (AvgIpc) is 2.80. The van der Waals surface area contributed by atoms with Gasteiger partial charge >= 0.3 is 0 Å². The third-order valence-corrected chi connectivity index (χ3v) is 5.90. The van der Waals surface area contributed by atoms with E-state index in [9.17, 15) is 8.42 Å². The molecule has 2 heterocycles. The first kappa shape index (κ1) is 13.1. The summed E-state index contributed by atoms with van der Waals surface area (Å²) in [6.45, 7) is 0.639. The van der Waals surface area contributed by atoms with Gasteiger partial charge in [0, 0.05) is 11.6 Å². The van der Waals surface area contributed by atoms with Gasteiger partial charge in [0.05, 0.1) is 22.5 Å². The van der Waals surface area contributed by atoms with Crippen LogP contribution in [0.4, 0.5) is 0 Å². The maximum Gasteiger partial charge on any atom is 0.178 e. The van der Waals surface area contributed by atoms with Crippen LogP contribution in [0, 0.1) is 10.7 Å². The second-order valence-corrected chi connectivity index (χ2v) is 8.02.